The van der Waals surface area contributed by atoms with Gasteiger partial charge in [0.1, 0.15) is 0 Å². The molecule has 5 heteroatoms. The first kappa shape index (κ1) is 8.20. The van der Waals surface area contributed by atoms with Crippen molar-refractivity contribution in [2.45, 2.75) is 20.0 Å². The molecule has 14 heavy (non-hydrogen) atoms. The predicted molar refractivity (Wildman–Crippen MR) is 53.3 cm³/mol. The highest BCUT2D eigenvalue weighted by atomic mass is 35.5. The van der Waals surface area contributed by atoms with Crippen molar-refractivity contribution in [1.29, 1.82) is 0 Å². The largest absolute Gasteiger partial charge is 0.307 e. The van der Waals surface area contributed by atoms with Crippen LogP contribution in [-0.2, 0) is 13.1 Å². The zero-order valence-corrected chi connectivity index (χ0v) is 8.47. The number of rotatable bonds is 0. The van der Waals surface area contributed by atoms with Crippen molar-refractivity contribution >= 4 is 17.2 Å². The van der Waals surface area contributed by atoms with Crippen molar-refractivity contribution in [1.82, 2.24) is 19.9 Å². The fraction of sp³-hybridized carbons (Fsp3) is 0.333. The first-order valence-electron chi connectivity index (χ1n) is 4.49. The van der Waals surface area contributed by atoms with Crippen molar-refractivity contribution in [3.8, 4) is 0 Å². The van der Waals surface area contributed by atoms with E-state index in [1.165, 1.54) is 5.56 Å². The Kier molecular flexibility index (Phi) is 1.57. The summed E-state index contributed by atoms with van der Waals surface area (Å²) in [7, 11) is 0. The van der Waals surface area contributed by atoms with Gasteiger partial charge in [-0.15, -0.1) is 0 Å². The topological polar surface area (TPSA) is 42.2 Å². The quantitative estimate of drug-likeness (QED) is 0.710. The van der Waals surface area contributed by atoms with Gasteiger partial charge < -0.3 is 5.32 Å². The van der Waals surface area contributed by atoms with E-state index in [9.17, 15) is 0 Å². The molecule has 1 N–H and O–H groups in total. The Morgan fingerprint density at radius 3 is 3.21 bits per heavy atom. The zero-order chi connectivity index (χ0) is 9.71. The molecule has 0 aliphatic carbocycles. The van der Waals surface area contributed by atoms with Crippen molar-refractivity contribution < 1.29 is 0 Å². The molecule has 0 atom stereocenters. The summed E-state index contributed by atoms with van der Waals surface area (Å²) < 4.78 is 1.83. The highest BCUT2D eigenvalue weighted by molar-refractivity contribution is 6.31. The average Bonchev–Trinajstić information content (AvgIpc) is 2.71. The maximum absolute atomic E-state index is 5.97. The van der Waals surface area contributed by atoms with Gasteiger partial charge in [-0.25, -0.2) is 9.50 Å². The lowest BCUT2D eigenvalue weighted by Gasteiger charge is -2.01. The summed E-state index contributed by atoms with van der Waals surface area (Å²) in [5.74, 6) is 0. The lowest BCUT2D eigenvalue weighted by molar-refractivity contribution is 0.729. The molecule has 0 saturated heterocycles. The van der Waals surface area contributed by atoms with Crippen LogP contribution in [0.15, 0.2) is 6.20 Å². The molecule has 1 aliphatic rings. The number of aryl methyl sites for hydroxylation is 1. The molecule has 3 rings (SSSR count). The SMILES string of the molecule is Cc1c(Cl)cnc2c3c(nn12)CNC3. The van der Waals surface area contributed by atoms with Gasteiger partial charge in [-0.3, -0.25) is 0 Å². The minimum absolute atomic E-state index is 0.659. The van der Waals surface area contributed by atoms with E-state index in [-0.39, 0.29) is 0 Å². The summed E-state index contributed by atoms with van der Waals surface area (Å²) in [6, 6.07) is 0. The second-order valence-electron chi connectivity index (χ2n) is 3.46. The fourth-order valence-electron chi connectivity index (χ4n) is 1.79. The number of hydrogen-bond acceptors (Lipinski definition) is 3. The van der Waals surface area contributed by atoms with Crippen LogP contribution in [0.4, 0.5) is 0 Å². The summed E-state index contributed by atoms with van der Waals surface area (Å²) in [6.45, 7) is 3.63. The monoisotopic (exact) mass is 208 g/mol. The molecular weight excluding hydrogens is 200 g/mol. The molecule has 0 amide bonds. The van der Waals surface area contributed by atoms with Crippen molar-refractivity contribution in [3.63, 3.8) is 0 Å². The first-order chi connectivity index (χ1) is 6.77. The van der Waals surface area contributed by atoms with Crippen LogP contribution in [0.1, 0.15) is 17.0 Å². The molecule has 0 unspecified atom stereocenters. The molecular formula is C9H9ClN4. The second kappa shape index (κ2) is 2.68. The van der Waals surface area contributed by atoms with Gasteiger partial charge in [0.15, 0.2) is 5.65 Å². The second-order valence-corrected chi connectivity index (χ2v) is 3.86. The third-order valence-corrected chi connectivity index (χ3v) is 2.97. The van der Waals surface area contributed by atoms with Crippen LogP contribution in [0, 0.1) is 6.92 Å². The van der Waals surface area contributed by atoms with Gasteiger partial charge in [0.05, 0.1) is 16.4 Å². The Labute approximate surface area is 85.9 Å². The van der Waals surface area contributed by atoms with Gasteiger partial charge in [0.25, 0.3) is 0 Å². The number of fused-ring (bicyclic) bond motifs is 3. The van der Waals surface area contributed by atoms with Crippen LogP contribution >= 0.6 is 11.6 Å². The van der Waals surface area contributed by atoms with E-state index in [4.69, 9.17) is 11.6 Å². The van der Waals surface area contributed by atoms with Crippen LogP contribution in [0.25, 0.3) is 5.65 Å². The Hall–Kier alpha value is -1.13. The molecule has 4 nitrogen and oxygen atoms in total. The van der Waals surface area contributed by atoms with Gasteiger partial charge in [-0.1, -0.05) is 11.6 Å². The van der Waals surface area contributed by atoms with Crippen molar-refractivity contribution in [2.24, 2.45) is 0 Å². The molecule has 0 fully saturated rings. The lowest BCUT2D eigenvalue weighted by atomic mass is 10.3. The van der Waals surface area contributed by atoms with Crippen LogP contribution in [0.5, 0.6) is 0 Å². The standard InChI is InChI=1S/C9H9ClN4/c1-5-7(10)3-12-9-6-2-11-4-8(6)13-14(5)9/h3,11H,2,4H2,1H3. The molecule has 0 radical (unpaired) electrons. The summed E-state index contributed by atoms with van der Waals surface area (Å²) in [5, 5.41) is 8.36. The summed E-state index contributed by atoms with van der Waals surface area (Å²) in [4.78, 5) is 4.30. The third kappa shape index (κ3) is 0.923. The van der Waals surface area contributed by atoms with E-state index in [1.54, 1.807) is 6.20 Å². The van der Waals surface area contributed by atoms with Gasteiger partial charge in [0.2, 0.25) is 0 Å². The van der Waals surface area contributed by atoms with Gasteiger partial charge in [-0.05, 0) is 6.92 Å². The van der Waals surface area contributed by atoms with E-state index in [2.05, 4.69) is 15.4 Å². The number of nitrogens with zero attached hydrogens (tertiary/aromatic N) is 3. The van der Waals surface area contributed by atoms with Gasteiger partial charge in [0, 0.05) is 24.8 Å². The van der Waals surface area contributed by atoms with Gasteiger partial charge in [-0.2, -0.15) is 5.10 Å². The molecule has 0 spiro atoms. The van der Waals surface area contributed by atoms with E-state index >= 15 is 0 Å². The van der Waals surface area contributed by atoms with Crippen molar-refractivity contribution in [3.05, 3.63) is 28.2 Å². The number of aromatic nitrogens is 3. The van der Waals surface area contributed by atoms with Gasteiger partial charge >= 0.3 is 0 Å². The average molecular weight is 209 g/mol. The number of nitrogens with one attached hydrogen (secondary N) is 1. The molecule has 0 bridgehead atoms. The van der Waals surface area contributed by atoms with Crippen LogP contribution in [-0.4, -0.2) is 14.6 Å². The van der Waals surface area contributed by atoms with Crippen molar-refractivity contribution in [2.75, 3.05) is 0 Å². The molecule has 72 valence electrons. The summed E-state index contributed by atoms with van der Waals surface area (Å²) in [6.07, 6.45) is 1.69. The normalized spacial score (nSPS) is 15.0. The molecule has 0 aromatic carbocycles. The Bertz CT molecular complexity index is 517. The van der Waals surface area contributed by atoms with E-state index in [0.717, 1.165) is 30.1 Å². The summed E-state index contributed by atoms with van der Waals surface area (Å²) >= 11 is 5.97. The van der Waals surface area contributed by atoms with Crippen LogP contribution < -0.4 is 5.32 Å². The molecule has 3 heterocycles. The Morgan fingerprint density at radius 2 is 2.36 bits per heavy atom. The highest BCUT2D eigenvalue weighted by Crippen LogP contribution is 2.22. The number of hydrogen-bond donors (Lipinski definition) is 1. The first-order valence-corrected chi connectivity index (χ1v) is 4.87. The predicted octanol–water partition coefficient (Wildman–Crippen LogP) is 1.29. The highest BCUT2D eigenvalue weighted by Gasteiger charge is 2.19. The van der Waals surface area contributed by atoms with E-state index in [1.807, 2.05) is 11.4 Å². The van der Waals surface area contributed by atoms with Crippen LogP contribution in [0.2, 0.25) is 5.02 Å². The fourth-order valence-corrected chi connectivity index (χ4v) is 1.92. The molecule has 0 saturated carbocycles. The number of halogens is 1. The smallest absolute Gasteiger partial charge is 0.160 e. The summed E-state index contributed by atoms with van der Waals surface area (Å²) in [5.41, 5.74) is 4.16. The van der Waals surface area contributed by atoms with E-state index < -0.39 is 0 Å². The zero-order valence-electron chi connectivity index (χ0n) is 7.71. The van der Waals surface area contributed by atoms with Crippen LogP contribution in [0.3, 0.4) is 0 Å². The minimum atomic E-state index is 0.659. The molecule has 1 aliphatic heterocycles. The molecule has 2 aromatic rings. The molecule has 2 aromatic heterocycles. The minimum Gasteiger partial charge on any atom is -0.307 e. The Balaban J connectivity index is 2.43. The maximum Gasteiger partial charge on any atom is 0.160 e. The Morgan fingerprint density at radius 1 is 1.50 bits per heavy atom. The maximum atomic E-state index is 5.97. The third-order valence-electron chi connectivity index (χ3n) is 2.60. The van der Waals surface area contributed by atoms with E-state index in [0.29, 0.717) is 5.02 Å². The lowest BCUT2D eigenvalue weighted by Crippen LogP contribution is -2.05.